The summed E-state index contributed by atoms with van der Waals surface area (Å²) in [6.45, 7) is 3.27. The molecule has 2 rings (SSSR count). The van der Waals surface area contributed by atoms with Gasteiger partial charge < -0.3 is 23.8 Å². The Morgan fingerprint density at radius 3 is 2.71 bits per heavy atom. The second-order valence-electron chi connectivity index (χ2n) is 5.56. The molecule has 0 spiro atoms. The summed E-state index contributed by atoms with van der Waals surface area (Å²) in [5, 5.41) is 9.40. The summed E-state index contributed by atoms with van der Waals surface area (Å²) in [6, 6.07) is 8.58. The van der Waals surface area contributed by atoms with Crippen molar-refractivity contribution < 1.29 is 33.2 Å². The zero-order valence-electron chi connectivity index (χ0n) is 13.8. The molecule has 0 saturated carbocycles. The van der Waals surface area contributed by atoms with E-state index in [1.807, 2.05) is 0 Å². The van der Waals surface area contributed by atoms with Gasteiger partial charge in [0.2, 0.25) is 7.37 Å². The van der Waals surface area contributed by atoms with Gasteiger partial charge in [0, 0.05) is 13.1 Å². The molecule has 7 nitrogen and oxygen atoms in total. The minimum absolute atomic E-state index is 0.0942. The fraction of sp³-hybridized carbons (Fsp3) is 0.562. The topological polar surface area (TPSA) is 91.3 Å². The van der Waals surface area contributed by atoms with Gasteiger partial charge in [-0.05, 0) is 19.1 Å². The van der Waals surface area contributed by atoms with Crippen LogP contribution in [-0.2, 0) is 23.3 Å². The molecule has 1 N–H and O–H groups in total. The first-order valence-corrected chi connectivity index (χ1v) is 10.1. The first-order chi connectivity index (χ1) is 11.4. The Bertz CT molecular complexity index is 577. The Morgan fingerprint density at radius 1 is 1.38 bits per heavy atom. The van der Waals surface area contributed by atoms with Crippen molar-refractivity contribution in [2.75, 3.05) is 26.2 Å². The van der Waals surface area contributed by atoms with Crippen LogP contribution in [0.2, 0.25) is 0 Å². The monoisotopic (exact) mass is 358 g/mol. The summed E-state index contributed by atoms with van der Waals surface area (Å²) in [6.07, 6.45) is -1.84. The molecule has 1 saturated heterocycles. The van der Waals surface area contributed by atoms with E-state index in [1.54, 1.807) is 37.3 Å². The van der Waals surface area contributed by atoms with Gasteiger partial charge in [-0.2, -0.15) is 0 Å². The van der Waals surface area contributed by atoms with E-state index in [0.717, 1.165) is 0 Å². The van der Waals surface area contributed by atoms with Gasteiger partial charge in [0.15, 0.2) is 6.29 Å². The van der Waals surface area contributed by atoms with Crippen LogP contribution in [-0.4, -0.2) is 55.8 Å². The minimum Gasteiger partial charge on any atom is -0.456 e. The number of ether oxygens (including phenoxy) is 3. The van der Waals surface area contributed by atoms with E-state index in [0.29, 0.717) is 12.2 Å². The Balaban J connectivity index is 1.90. The number of carbonyl (C=O) groups is 1. The summed E-state index contributed by atoms with van der Waals surface area (Å²) < 4.78 is 33.5. The zero-order chi connectivity index (χ0) is 17.6. The van der Waals surface area contributed by atoms with Gasteiger partial charge in [-0.1, -0.05) is 18.2 Å². The van der Waals surface area contributed by atoms with Crippen LogP contribution in [0.15, 0.2) is 30.3 Å². The fourth-order valence-electron chi connectivity index (χ4n) is 2.38. The lowest BCUT2D eigenvalue weighted by Gasteiger charge is -2.17. The first kappa shape index (κ1) is 19.1. The van der Waals surface area contributed by atoms with E-state index >= 15 is 0 Å². The molecule has 0 aromatic heterocycles. The van der Waals surface area contributed by atoms with Crippen LogP contribution in [0, 0.1) is 0 Å². The molecule has 8 heteroatoms. The molecule has 1 heterocycles. The number of rotatable bonds is 8. The lowest BCUT2D eigenvalue weighted by atomic mass is 10.2. The number of hydrogen-bond acceptors (Lipinski definition) is 7. The molecule has 0 radical (unpaired) electrons. The van der Waals surface area contributed by atoms with Crippen molar-refractivity contribution in [3.05, 3.63) is 35.9 Å². The maximum atomic E-state index is 12.1. The minimum atomic E-state index is -2.84. The third-order valence-corrected chi connectivity index (χ3v) is 4.93. The van der Waals surface area contributed by atoms with Gasteiger partial charge >= 0.3 is 5.97 Å². The molecule has 0 amide bonds. The van der Waals surface area contributed by atoms with Crippen molar-refractivity contribution in [1.82, 2.24) is 0 Å². The molecule has 0 aliphatic carbocycles. The Kier molecular flexibility index (Phi) is 6.95. The third-order valence-electron chi connectivity index (χ3n) is 3.51. The molecule has 1 aromatic carbocycles. The average molecular weight is 358 g/mol. The van der Waals surface area contributed by atoms with Crippen LogP contribution in [0.4, 0.5) is 0 Å². The molecule has 1 aliphatic heterocycles. The predicted molar refractivity (Wildman–Crippen MR) is 87.1 cm³/mol. The summed E-state index contributed by atoms with van der Waals surface area (Å²) in [5.74, 6) is -0.487. The van der Waals surface area contributed by atoms with Crippen LogP contribution >= 0.6 is 7.37 Å². The summed E-state index contributed by atoms with van der Waals surface area (Å²) in [7, 11) is -2.84. The van der Waals surface area contributed by atoms with E-state index < -0.39 is 31.8 Å². The molecule has 1 fully saturated rings. The molecule has 134 valence electrons. The van der Waals surface area contributed by atoms with Gasteiger partial charge in [-0.3, -0.25) is 4.57 Å². The van der Waals surface area contributed by atoms with Crippen molar-refractivity contribution in [2.45, 2.75) is 31.8 Å². The third kappa shape index (κ3) is 5.40. The van der Waals surface area contributed by atoms with Crippen LogP contribution in [0.25, 0.3) is 0 Å². The molecule has 0 bridgehead atoms. The largest absolute Gasteiger partial charge is 0.456 e. The lowest BCUT2D eigenvalue weighted by Crippen LogP contribution is -2.30. The summed E-state index contributed by atoms with van der Waals surface area (Å²) in [5.41, 5.74) is 0.424. The Hall–Kier alpha value is -1.24. The van der Waals surface area contributed by atoms with Gasteiger partial charge in [0.05, 0.1) is 18.8 Å². The Morgan fingerprint density at radius 2 is 2.08 bits per heavy atom. The number of hydrogen-bond donors (Lipinski definition) is 1. The number of benzene rings is 1. The van der Waals surface area contributed by atoms with Crippen LogP contribution < -0.4 is 0 Å². The molecule has 24 heavy (non-hydrogen) atoms. The average Bonchev–Trinajstić information content (AvgIpc) is 2.96. The van der Waals surface area contributed by atoms with E-state index in [-0.39, 0.29) is 19.4 Å². The second-order valence-corrected chi connectivity index (χ2v) is 8.10. The fourth-order valence-corrected chi connectivity index (χ4v) is 3.44. The maximum absolute atomic E-state index is 12.1. The maximum Gasteiger partial charge on any atom is 0.338 e. The number of esters is 1. The predicted octanol–water partition coefficient (Wildman–Crippen LogP) is 2.24. The highest BCUT2D eigenvalue weighted by Gasteiger charge is 2.39. The highest BCUT2D eigenvalue weighted by atomic mass is 31.2. The number of carbonyl (C=O) groups excluding carboxylic acids is 1. The van der Waals surface area contributed by atoms with Crippen LogP contribution in [0.1, 0.15) is 23.7 Å². The summed E-state index contributed by atoms with van der Waals surface area (Å²) in [4.78, 5) is 12.1. The van der Waals surface area contributed by atoms with Gasteiger partial charge in [0.25, 0.3) is 0 Å². The molecule has 4 atom stereocenters. The van der Waals surface area contributed by atoms with E-state index in [2.05, 4.69) is 0 Å². The molecule has 2 unspecified atom stereocenters. The SMILES string of the molecule is CCOP(C)(=O)CO[C@@H]1CC(OC(=O)c2ccccc2)[C@@H](CO)O1. The van der Waals surface area contributed by atoms with Crippen molar-refractivity contribution in [2.24, 2.45) is 0 Å². The molecule has 1 aromatic rings. The Labute approximate surface area is 141 Å². The van der Waals surface area contributed by atoms with E-state index in [1.165, 1.54) is 6.66 Å². The molecule has 1 aliphatic rings. The van der Waals surface area contributed by atoms with Crippen LogP contribution in [0.3, 0.4) is 0 Å². The van der Waals surface area contributed by atoms with Gasteiger partial charge in [-0.15, -0.1) is 0 Å². The number of aliphatic hydroxyl groups excluding tert-OH is 1. The number of aliphatic hydroxyl groups is 1. The van der Waals surface area contributed by atoms with Crippen molar-refractivity contribution in [3.8, 4) is 0 Å². The van der Waals surface area contributed by atoms with E-state index in [4.69, 9.17) is 18.7 Å². The van der Waals surface area contributed by atoms with Crippen LogP contribution in [0.5, 0.6) is 0 Å². The molecular weight excluding hydrogens is 335 g/mol. The van der Waals surface area contributed by atoms with Crippen molar-refractivity contribution >= 4 is 13.3 Å². The van der Waals surface area contributed by atoms with Gasteiger partial charge in [-0.25, -0.2) is 4.79 Å². The quantitative estimate of drug-likeness (QED) is 0.563. The smallest absolute Gasteiger partial charge is 0.338 e. The highest BCUT2D eigenvalue weighted by molar-refractivity contribution is 7.57. The summed E-state index contributed by atoms with van der Waals surface area (Å²) >= 11 is 0. The lowest BCUT2D eigenvalue weighted by molar-refractivity contribution is -0.134. The zero-order valence-corrected chi connectivity index (χ0v) is 14.7. The highest BCUT2D eigenvalue weighted by Crippen LogP contribution is 2.43. The van der Waals surface area contributed by atoms with E-state index in [9.17, 15) is 14.5 Å². The molecular formula is C16H23O7P. The normalized spacial score (nSPS) is 26.0. The first-order valence-electron chi connectivity index (χ1n) is 7.80. The standard InChI is InChI=1S/C16H23O7P/c1-3-21-24(2,19)11-20-15-9-13(14(10-17)22-15)23-16(18)12-7-5-4-6-8-12/h4-8,13-15,17H,3,9-11H2,1-2H3/t13?,14-,15+,24?/m1/s1. The van der Waals surface area contributed by atoms with Gasteiger partial charge in [0.1, 0.15) is 18.6 Å². The second kappa shape index (κ2) is 8.74. The van der Waals surface area contributed by atoms with Crippen molar-refractivity contribution in [3.63, 3.8) is 0 Å². The van der Waals surface area contributed by atoms with Crippen molar-refractivity contribution in [1.29, 1.82) is 0 Å².